The molecule has 0 aromatic heterocycles. The lowest BCUT2D eigenvalue weighted by Crippen LogP contribution is -2.20. The number of phenolic OH excluding ortho intramolecular Hbond substituents is 1. The summed E-state index contributed by atoms with van der Waals surface area (Å²) in [6.45, 7) is 5.30. The Morgan fingerprint density at radius 1 is 1.15 bits per heavy atom. The summed E-state index contributed by atoms with van der Waals surface area (Å²) in [5.41, 5.74) is 0.898. The lowest BCUT2D eigenvalue weighted by atomic mass is 10.1. The SMILES string of the molecule is CCCCCCCCNC(C)c1cc(OC)ccc1O. The number of hydrogen-bond donors (Lipinski definition) is 2. The largest absolute Gasteiger partial charge is 0.508 e. The van der Waals surface area contributed by atoms with Crippen LogP contribution in [0, 0.1) is 0 Å². The van der Waals surface area contributed by atoms with E-state index in [2.05, 4.69) is 19.2 Å². The van der Waals surface area contributed by atoms with E-state index in [9.17, 15) is 5.11 Å². The van der Waals surface area contributed by atoms with Crippen LogP contribution in [-0.4, -0.2) is 18.8 Å². The molecule has 114 valence electrons. The Morgan fingerprint density at radius 3 is 2.55 bits per heavy atom. The van der Waals surface area contributed by atoms with Crippen LogP contribution in [0.1, 0.15) is 64.0 Å². The molecule has 0 heterocycles. The van der Waals surface area contributed by atoms with E-state index in [1.54, 1.807) is 19.2 Å². The second-order valence-corrected chi connectivity index (χ2v) is 5.37. The molecule has 20 heavy (non-hydrogen) atoms. The lowest BCUT2D eigenvalue weighted by molar-refractivity contribution is 0.407. The topological polar surface area (TPSA) is 41.5 Å². The van der Waals surface area contributed by atoms with Crippen molar-refractivity contribution in [3.05, 3.63) is 23.8 Å². The summed E-state index contributed by atoms with van der Waals surface area (Å²) in [6, 6.07) is 5.51. The van der Waals surface area contributed by atoms with Crippen molar-refractivity contribution in [2.75, 3.05) is 13.7 Å². The van der Waals surface area contributed by atoms with E-state index in [1.165, 1.54) is 38.5 Å². The Hall–Kier alpha value is -1.22. The molecule has 0 spiro atoms. The van der Waals surface area contributed by atoms with Gasteiger partial charge in [-0.15, -0.1) is 0 Å². The van der Waals surface area contributed by atoms with Gasteiger partial charge in [0.15, 0.2) is 0 Å². The molecule has 2 N–H and O–H groups in total. The number of nitrogens with one attached hydrogen (secondary N) is 1. The Morgan fingerprint density at radius 2 is 1.85 bits per heavy atom. The van der Waals surface area contributed by atoms with Gasteiger partial charge in [-0.05, 0) is 38.1 Å². The summed E-state index contributed by atoms with van der Waals surface area (Å²) >= 11 is 0. The third-order valence-electron chi connectivity index (χ3n) is 3.68. The first-order chi connectivity index (χ1) is 9.69. The van der Waals surface area contributed by atoms with Crippen LogP contribution >= 0.6 is 0 Å². The van der Waals surface area contributed by atoms with E-state index >= 15 is 0 Å². The number of aromatic hydroxyl groups is 1. The van der Waals surface area contributed by atoms with E-state index in [0.717, 1.165) is 17.9 Å². The maximum absolute atomic E-state index is 9.91. The second kappa shape index (κ2) is 9.65. The first-order valence-corrected chi connectivity index (χ1v) is 7.79. The van der Waals surface area contributed by atoms with E-state index in [4.69, 9.17) is 4.74 Å². The van der Waals surface area contributed by atoms with Crippen LogP contribution in [0.2, 0.25) is 0 Å². The normalized spacial score (nSPS) is 12.3. The Balaban J connectivity index is 2.30. The van der Waals surface area contributed by atoms with Gasteiger partial charge in [-0.1, -0.05) is 39.0 Å². The van der Waals surface area contributed by atoms with Crippen molar-refractivity contribution < 1.29 is 9.84 Å². The zero-order valence-electron chi connectivity index (χ0n) is 13.1. The third-order valence-corrected chi connectivity index (χ3v) is 3.68. The van der Waals surface area contributed by atoms with Crippen molar-refractivity contribution in [3.8, 4) is 11.5 Å². The average Bonchev–Trinajstić information content (AvgIpc) is 2.46. The summed E-state index contributed by atoms with van der Waals surface area (Å²) in [4.78, 5) is 0. The van der Waals surface area contributed by atoms with Crippen LogP contribution in [0.3, 0.4) is 0 Å². The minimum Gasteiger partial charge on any atom is -0.508 e. The van der Waals surface area contributed by atoms with Gasteiger partial charge in [0.05, 0.1) is 7.11 Å². The van der Waals surface area contributed by atoms with Crippen LogP contribution in [0.25, 0.3) is 0 Å². The molecule has 3 heteroatoms. The fourth-order valence-corrected chi connectivity index (χ4v) is 2.34. The van der Waals surface area contributed by atoms with E-state index in [-0.39, 0.29) is 6.04 Å². The smallest absolute Gasteiger partial charge is 0.120 e. The number of ether oxygens (including phenoxy) is 1. The Kier molecular flexibility index (Phi) is 8.12. The minimum atomic E-state index is 0.140. The van der Waals surface area contributed by atoms with Gasteiger partial charge in [0.2, 0.25) is 0 Å². The van der Waals surface area contributed by atoms with E-state index in [0.29, 0.717) is 5.75 Å². The predicted molar refractivity (Wildman–Crippen MR) is 84.5 cm³/mol. The monoisotopic (exact) mass is 279 g/mol. The van der Waals surface area contributed by atoms with Crippen molar-refractivity contribution in [2.24, 2.45) is 0 Å². The van der Waals surface area contributed by atoms with Gasteiger partial charge in [0.1, 0.15) is 11.5 Å². The molecule has 0 saturated heterocycles. The molecule has 0 aliphatic rings. The highest BCUT2D eigenvalue weighted by molar-refractivity contribution is 5.41. The standard InChI is InChI=1S/C17H29NO2/c1-4-5-6-7-8-9-12-18-14(2)16-13-15(20-3)10-11-17(16)19/h10-11,13-14,18-19H,4-9,12H2,1-3H3. The van der Waals surface area contributed by atoms with Crippen molar-refractivity contribution in [2.45, 2.75) is 58.4 Å². The van der Waals surface area contributed by atoms with Gasteiger partial charge in [0, 0.05) is 11.6 Å². The quantitative estimate of drug-likeness (QED) is 0.623. The van der Waals surface area contributed by atoms with Gasteiger partial charge in [0.25, 0.3) is 0 Å². The van der Waals surface area contributed by atoms with Crippen LogP contribution in [0.5, 0.6) is 11.5 Å². The molecule has 0 aliphatic carbocycles. The molecule has 0 amide bonds. The molecule has 1 aromatic rings. The van der Waals surface area contributed by atoms with Gasteiger partial charge >= 0.3 is 0 Å². The number of rotatable bonds is 10. The fraction of sp³-hybridized carbons (Fsp3) is 0.647. The average molecular weight is 279 g/mol. The molecule has 0 aliphatic heterocycles. The summed E-state index contributed by atoms with van der Waals surface area (Å²) in [5, 5.41) is 13.4. The maximum Gasteiger partial charge on any atom is 0.120 e. The van der Waals surface area contributed by atoms with Crippen LogP contribution in [-0.2, 0) is 0 Å². The van der Waals surface area contributed by atoms with Crippen molar-refractivity contribution >= 4 is 0 Å². The summed E-state index contributed by atoms with van der Waals surface area (Å²) in [7, 11) is 1.64. The number of hydrogen-bond acceptors (Lipinski definition) is 3. The van der Waals surface area contributed by atoms with Crippen LogP contribution in [0.15, 0.2) is 18.2 Å². The summed E-state index contributed by atoms with van der Waals surface area (Å²) in [6.07, 6.45) is 7.80. The highest BCUT2D eigenvalue weighted by Gasteiger charge is 2.10. The highest BCUT2D eigenvalue weighted by Crippen LogP contribution is 2.28. The molecule has 3 nitrogen and oxygen atoms in total. The second-order valence-electron chi connectivity index (χ2n) is 5.37. The number of methoxy groups -OCH3 is 1. The van der Waals surface area contributed by atoms with Gasteiger partial charge in [-0.3, -0.25) is 0 Å². The molecule has 0 bridgehead atoms. The van der Waals surface area contributed by atoms with Gasteiger partial charge in [-0.25, -0.2) is 0 Å². The maximum atomic E-state index is 9.91. The zero-order chi connectivity index (χ0) is 14.8. The number of benzene rings is 1. The highest BCUT2D eigenvalue weighted by atomic mass is 16.5. The Bertz CT molecular complexity index is 379. The lowest BCUT2D eigenvalue weighted by Gasteiger charge is -2.16. The first-order valence-electron chi connectivity index (χ1n) is 7.79. The van der Waals surface area contributed by atoms with Crippen molar-refractivity contribution in [3.63, 3.8) is 0 Å². The molecule has 1 unspecified atom stereocenters. The summed E-state index contributed by atoms with van der Waals surface area (Å²) in [5.74, 6) is 1.11. The van der Waals surface area contributed by atoms with Crippen LogP contribution in [0.4, 0.5) is 0 Å². The molecule has 1 rings (SSSR count). The predicted octanol–water partition coefficient (Wildman–Crippen LogP) is 4.41. The Labute approximate surface area is 123 Å². The number of phenols is 1. The van der Waals surface area contributed by atoms with Gasteiger partial charge < -0.3 is 15.2 Å². The minimum absolute atomic E-state index is 0.140. The van der Waals surface area contributed by atoms with E-state index < -0.39 is 0 Å². The van der Waals surface area contributed by atoms with Crippen LogP contribution < -0.4 is 10.1 Å². The van der Waals surface area contributed by atoms with Crippen molar-refractivity contribution in [1.29, 1.82) is 0 Å². The molecule has 1 atom stereocenters. The zero-order valence-corrected chi connectivity index (χ0v) is 13.1. The molecular weight excluding hydrogens is 250 g/mol. The molecule has 1 aromatic carbocycles. The number of unbranched alkanes of at least 4 members (excludes halogenated alkanes) is 5. The summed E-state index contributed by atoms with van der Waals surface area (Å²) < 4.78 is 5.20. The van der Waals surface area contributed by atoms with Gasteiger partial charge in [-0.2, -0.15) is 0 Å². The molecule has 0 radical (unpaired) electrons. The molecule has 0 saturated carbocycles. The first kappa shape index (κ1) is 16.8. The molecular formula is C17H29NO2. The molecule has 0 fully saturated rings. The van der Waals surface area contributed by atoms with E-state index in [1.807, 2.05) is 6.07 Å². The fourth-order valence-electron chi connectivity index (χ4n) is 2.34. The third kappa shape index (κ3) is 5.83. The van der Waals surface area contributed by atoms with Crippen molar-refractivity contribution in [1.82, 2.24) is 5.32 Å².